The molecule has 0 saturated heterocycles. The van der Waals surface area contributed by atoms with Crippen LogP contribution in [0.2, 0.25) is 5.15 Å². The number of esters is 1. The van der Waals surface area contributed by atoms with Crippen LogP contribution in [0.4, 0.5) is 0 Å². The van der Waals surface area contributed by atoms with Crippen molar-refractivity contribution in [1.82, 2.24) is 19.5 Å². The fourth-order valence-corrected chi connectivity index (χ4v) is 2.17. The molecule has 21 heavy (non-hydrogen) atoms. The van der Waals surface area contributed by atoms with Crippen molar-refractivity contribution in [3.05, 3.63) is 47.6 Å². The van der Waals surface area contributed by atoms with E-state index in [0.717, 1.165) is 5.56 Å². The lowest BCUT2D eigenvalue weighted by Gasteiger charge is -2.05. The minimum absolute atomic E-state index is 0.337. The van der Waals surface area contributed by atoms with Crippen LogP contribution in [-0.4, -0.2) is 25.5 Å². The Labute approximate surface area is 125 Å². The van der Waals surface area contributed by atoms with Gasteiger partial charge in [0.05, 0.1) is 12.9 Å². The lowest BCUT2D eigenvalue weighted by atomic mass is 10.2. The number of hydrogen-bond acceptors (Lipinski definition) is 5. The summed E-state index contributed by atoms with van der Waals surface area (Å²) in [4.78, 5) is 23.2. The molecular formula is C14H11ClN4O2. The molecule has 0 aliphatic rings. The summed E-state index contributed by atoms with van der Waals surface area (Å²) in [5, 5.41) is 0.337. The molecule has 6 nitrogen and oxygen atoms in total. The molecule has 2 heterocycles. The number of carbonyl (C=O) groups excluding carboxylic acids is 1. The third-order valence-corrected chi connectivity index (χ3v) is 3.17. The number of fused-ring (bicyclic) bond motifs is 1. The highest BCUT2D eigenvalue weighted by molar-refractivity contribution is 6.33. The molecule has 0 radical (unpaired) electrons. The van der Waals surface area contributed by atoms with Crippen LogP contribution < -0.4 is 4.74 Å². The van der Waals surface area contributed by atoms with Crippen molar-refractivity contribution in [2.45, 2.75) is 13.5 Å². The van der Waals surface area contributed by atoms with E-state index in [-0.39, 0.29) is 5.97 Å². The van der Waals surface area contributed by atoms with Crippen molar-refractivity contribution in [2.75, 3.05) is 0 Å². The Morgan fingerprint density at radius 3 is 2.71 bits per heavy atom. The van der Waals surface area contributed by atoms with E-state index >= 15 is 0 Å². The van der Waals surface area contributed by atoms with Crippen LogP contribution in [0.1, 0.15) is 12.5 Å². The van der Waals surface area contributed by atoms with Gasteiger partial charge in [-0.3, -0.25) is 4.79 Å². The van der Waals surface area contributed by atoms with E-state index in [1.165, 1.54) is 13.3 Å². The maximum atomic E-state index is 10.9. The van der Waals surface area contributed by atoms with Gasteiger partial charge in [0.2, 0.25) is 0 Å². The lowest BCUT2D eigenvalue weighted by molar-refractivity contribution is -0.131. The van der Waals surface area contributed by atoms with Crippen LogP contribution in [0.3, 0.4) is 0 Å². The summed E-state index contributed by atoms with van der Waals surface area (Å²) in [5.74, 6) is 0.182. The monoisotopic (exact) mass is 302 g/mol. The predicted molar refractivity (Wildman–Crippen MR) is 77.2 cm³/mol. The summed E-state index contributed by atoms with van der Waals surface area (Å²) in [6.45, 7) is 1.96. The van der Waals surface area contributed by atoms with E-state index < -0.39 is 0 Å². The minimum Gasteiger partial charge on any atom is -0.427 e. The highest BCUT2D eigenvalue weighted by Gasteiger charge is 2.08. The largest absolute Gasteiger partial charge is 0.427 e. The van der Waals surface area contributed by atoms with Crippen molar-refractivity contribution < 1.29 is 9.53 Å². The Hall–Kier alpha value is -2.47. The third kappa shape index (κ3) is 2.85. The van der Waals surface area contributed by atoms with Gasteiger partial charge in [-0.15, -0.1) is 0 Å². The molecule has 0 bridgehead atoms. The zero-order valence-corrected chi connectivity index (χ0v) is 11.9. The maximum absolute atomic E-state index is 10.9. The van der Waals surface area contributed by atoms with Crippen molar-refractivity contribution in [3.63, 3.8) is 0 Å². The number of nitrogens with zero attached hydrogens (tertiary/aromatic N) is 4. The van der Waals surface area contributed by atoms with E-state index in [1.54, 1.807) is 18.5 Å². The van der Waals surface area contributed by atoms with Crippen molar-refractivity contribution in [3.8, 4) is 5.75 Å². The Kier molecular flexibility index (Phi) is 3.53. The highest BCUT2D eigenvalue weighted by Crippen LogP contribution is 2.19. The average molecular weight is 303 g/mol. The van der Waals surface area contributed by atoms with E-state index in [2.05, 4.69) is 15.0 Å². The zero-order chi connectivity index (χ0) is 14.8. The molecule has 3 rings (SSSR count). The number of halogens is 1. The molecule has 2 aromatic heterocycles. The van der Waals surface area contributed by atoms with Crippen LogP contribution in [0.15, 0.2) is 36.9 Å². The fourth-order valence-electron chi connectivity index (χ4n) is 1.99. The Morgan fingerprint density at radius 1 is 1.24 bits per heavy atom. The second kappa shape index (κ2) is 5.49. The van der Waals surface area contributed by atoms with Gasteiger partial charge < -0.3 is 9.30 Å². The average Bonchev–Trinajstić information content (AvgIpc) is 2.85. The van der Waals surface area contributed by atoms with Crippen LogP contribution >= 0.6 is 11.6 Å². The number of imidazole rings is 1. The first-order valence-electron chi connectivity index (χ1n) is 6.22. The molecule has 0 fully saturated rings. The molecule has 0 unspecified atom stereocenters. The van der Waals surface area contributed by atoms with E-state index in [4.69, 9.17) is 16.3 Å². The topological polar surface area (TPSA) is 69.9 Å². The third-order valence-electron chi connectivity index (χ3n) is 2.89. The molecule has 1 aromatic carbocycles. The summed E-state index contributed by atoms with van der Waals surface area (Å²) in [7, 11) is 0. The number of benzene rings is 1. The zero-order valence-electron chi connectivity index (χ0n) is 11.2. The second-order valence-electron chi connectivity index (χ2n) is 4.45. The molecule has 7 heteroatoms. The quantitative estimate of drug-likeness (QED) is 0.422. The predicted octanol–water partition coefficient (Wildman–Crippen LogP) is 2.45. The lowest BCUT2D eigenvalue weighted by Crippen LogP contribution is -2.02. The summed E-state index contributed by atoms with van der Waals surface area (Å²) in [6, 6.07) is 7.26. The van der Waals surface area contributed by atoms with Crippen LogP contribution in [0.5, 0.6) is 5.75 Å². The molecular weight excluding hydrogens is 292 g/mol. The van der Waals surface area contributed by atoms with E-state index in [0.29, 0.717) is 28.6 Å². The number of rotatable bonds is 3. The first kappa shape index (κ1) is 13.5. The molecule has 0 N–H and O–H groups in total. The van der Waals surface area contributed by atoms with E-state index in [9.17, 15) is 4.79 Å². The van der Waals surface area contributed by atoms with Crippen molar-refractivity contribution in [1.29, 1.82) is 0 Å². The summed E-state index contributed by atoms with van der Waals surface area (Å²) in [5.41, 5.74) is 2.29. The first-order valence-corrected chi connectivity index (χ1v) is 6.60. The Balaban J connectivity index is 1.85. The number of carbonyl (C=O) groups is 1. The number of ether oxygens (including phenoxy) is 1. The van der Waals surface area contributed by atoms with Gasteiger partial charge in [-0.1, -0.05) is 23.7 Å². The maximum Gasteiger partial charge on any atom is 0.308 e. The SMILES string of the molecule is CC(=O)Oc1ccc(Cn2cnc3c(Cl)ncnc32)cc1. The second-order valence-corrected chi connectivity index (χ2v) is 4.80. The standard InChI is InChI=1S/C14H11ClN4O2/c1-9(20)21-11-4-2-10(3-5-11)6-19-8-18-12-13(15)16-7-17-14(12)19/h2-5,7-8H,6H2,1H3. The van der Waals surface area contributed by atoms with E-state index in [1.807, 2.05) is 16.7 Å². The van der Waals surface area contributed by atoms with Crippen LogP contribution in [-0.2, 0) is 11.3 Å². The van der Waals surface area contributed by atoms with Gasteiger partial charge in [-0.2, -0.15) is 0 Å². The van der Waals surface area contributed by atoms with Crippen LogP contribution in [0.25, 0.3) is 11.2 Å². The van der Waals surface area contributed by atoms with Gasteiger partial charge in [-0.25, -0.2) is 15.0 Å². The molecule has 0 spiro atoms. The summed E-state index contributed by atoms with van der Waals surface area (Å²) in [6.07, 6.45) is 3.08. The minimum atomic E-state index is -0.338. The molecule has 0 aliphatic heterocycles. The Morgan fingerprint density at radius 2 is 2.00 bits per heavy atom. The van der Waals surface area contributed by atoms with Gasteiger partial charge in [-0.05, 0) is 17.7 Å². The molecule has 3 aromatic rings. The number of hydrogen-bond donors (Lipinski definition) is 0. The van der Waals surface area contributed by atoms with Crippen molar-refractivity contribution >= 4 is 28.7 Å². The number of aromatic nitrogens is 4. The molecule has 0 saturated carbocycles. The van der Waals surface area contributed by atoms with Gasteiger partial charge in [0.25, 0.3) is 0 Å². The molecule has 0 atom stereocenters. The van der Waals surface area contributed by atoms with Gasteiger partial charge in [0, 0.05) is 6.92 Å². The van der Waals surface area contributed by atoms with Gasteiger partial charge in [0.1, 0.15) is 17.6 Å². The first-order chi connectivity index (χ1) is 10.1. The smallest absolute Gasteiger partial charge is 0.308 e. The molecule has 0 aliphatic carbocycles. The molecule has 0 amide bonds. The Bertz CT molecular complexity index is 798. The summed E-state index contributed by atoms with van der Waals surface area (Å²) >= 11 is 5.97. The van der Waals surface area contributed by atoms with Gasteiger partial charge >= 0.3 is 5.97 Å². The molecule has 106 valence electrons. The highest BCUT2D eigenvalue weighted by atomic mass is 35.5. The van der Waals surface area contributed by atoms with Crippen LogP contribution in [0, 0.1) is 0 Å². The van der Waals surface area contributed by atoms with Crippen molar-refractivity contribution in [2.24, 2.45) is 0 Å². The normalized spacial score (nSPS) is 10.8. The summed E-state index contributed by atoms with van der Waals surface area (Å²) < 4.78 is 6.87. The van der Waals surface area contributed by atoms with Gasteiger partial charge in [0.15, 0.2) is 10.8 Å². The fraction of sp³-hybridized carbons (Fsp3) is 0.143.